The Morgan fingerprint density at radius 3 is 2.44 bits per heavy atom. The highest BCUT2D eigenvalue weighted by Crippen LogP contribution is 2.15. The molecule has 1 aromatic carbocycles. The van der Waals surface area contributed by atoms with Crippen molar-refractivity contribution in [1.82, 2.24) is 8.77 Å². The summed E-state index contributed by atoms with van der Waals surface area (Å²) in [5, 5.41) is 0. The van der Waals surface area contributed by atoms with Gasteiger partial charge in [0.05, 0.1) is 14.2 Å². The van der Waals surface area contributed by atoms with Gasteiger partial charge in [0, 0.05) is 20.6 Å². The molecule has 0 fully saturated rings. The van der Waals surface area contributed by atoms with Gasteiger partial charge in [-0.05, 0) is 17.7 Å². The summed E-state index contributed by atoms with van der Waals surface area (Å²) in [6.07, 6.45) is 0. The van der Waals surface area contributed by atoms with Gasteiger partial charge in [0.2, 0.25) is 0 Å². The fourth-order valence-corrected chi connectivity index (χ4v) is 2.29. The third kappa shape index (κ3) is 3.42. The highest BCUT2D eigenvalue weighted by Gasteiger charge is 2.23. The zero-order chi connectivity index (χ0) is 13.8. The second kappa shape index (κ2) is 6.14. The van der Waals surface area contributed by atoms with Crippen molar-refractivity contribution in [3.63, 3.8) is 0 Å². The van der Waals surface area contributed by atoms with Crippen LogP contribution in [0.2, 0.25) is 0 Å². The van der Waals surface area contributed by atoms with Gasteiger partial charge in [-0.2, -0.15) is 12.7 Å². The minimum Gasteiger partial charge on any atom is -0.497 e. The van der Waals surface area contributed by atoms with Crippen molar-refractivity contribution in [1.29, 1.82) is 0 Å². The van der Waals surface area contributed by atoms with Crippen LogP contribution in [0.1, 0.15) is 5.56 Å². The van der Waals surface area contributed by atoms with Crippen LogP contribution in [-0.2, 0) is 21.6 Å². The lowest BCUT2D eigenvalue weighted by Crippen LogP contribution is -2.38. The van der Waals surface area contributed by atoms with Crippen LogP contribution in [0.15, 0.2) is 24.3 Å². The molecular formula is C11H18N2O4S. The van der Waals surface area contributed by atoms with Gasteiger partial charge in [-0.1, -0.05) is 16.6 Å². The van der Waals surface area contributed by atoms with Crippen LogP contribution >= 0.6 is 0 Å². The van der Waals surface area contributed by atoms with E-state index in [0.717, 1.165) is 10.0 Å². The normalized spacial score (nSPS) is 12.1. The van der Waals surface area contributed by atoms with Crippen molar-refractivity contribution in [2.75, 3.05) is 28.3 Å². The smallest absolute Gasteiger partial charge is 0.303 e. The first-order valence-electron chi connectivity index (χ1n) is 5.29. The van der Waals surface area contributed by atoms with Crippen molar-refractivity contribution in [3.05, 3.63) is 29.8 Å². The summed E-state index contributed by atoms with van der Waals surface area (Å²) in [5.74, 6) is 0.693. The summed E-state index contributed by atoms with van der Waals surface area (Å²) < 4.78 is 30.9. The second-order valence-electron chi connectivity index (χ2n) is 3.71. The molecule has 0 aliphatic heterocycles. The molecular weight excluding hydrogens is 256 g/mol. The highest BCUT2D eigenvalue weighted by atomic mass is 32.2. The topological polar surface area (TPSA) is 59.1 Å². The molecule has 0 bridgehead atoms. The van der Waals surface area contributed by atoms with E-state index in [1.165, 1.54) is 25.5 Å². The van der Waals surface area contributed by atoms with Crippen molar-refractivity contribution >= 4 is 10.2 Å². The fraction of sp³-hybridized carbons (Fsp3) is 0.455. The van der Waals surface area contributed by atoms with Crippen LogP contribution in [0.4, 0.5) is 0 Å². The zero-order valence-corrected chi connectivity index (χ0v) is 11.8. The lowest BCUT2D eigenvalue weighted by Gasteiger charge is -2.22. The first-order valence-corrected chi connectivity index (χ1v) is 6.68. The molecule has 0 heterocycles. The second-order valence-corrected chi connectivity index (χ2v) is 5.74. The van der Waals surface area contributed by atoms with E-state index in [0.29, 0.717) is 5.75 Å². The molecule has 6 nitrogen and oxygen atoms in total. The van der Waals surface area contributed by atoms with Gasteiger partial charge >= 0.3 is 10.2 Å². The number of hydrogen-bond acceptors (Lipinski definition) is 4. The van der Waals surface area contributed by atoms with Gasteiger partial charge in [-0.25, -0.2) is 0 Å². The maximum absolute atomic E-state index is 11.9. The minimum absolute atomic E-state index is 0.243. The SMILES string of the molecule is COc1cccc(CN(C)S(=O)(=O)N(C)OC)c1. The Hall–Kier alpha value is -1.15. The molecule has 18 heavy (non-hydrogen) atoms. The zero-order valence-electron chi connectivity index (χ0n) is 11.0. The van der Waals surface area contributed by atoms with Crippen LogP contribution in [0.25, 0.3) is 0 Å². The monoisotopic (exact) mass is 274 g/mol. The third-order valence-electron chi connectivity index (χ3n) is 2.52. The van der Waals surface area contributed by atoms with E-state index in [9.17, 15) is 8.42 Å². The summed E-state index contributed by atoms with van der Waals surface area (Å²) in [7, 11) is 2.10. The van der Waals surface area contributed by atoms with Crippen molar-refractivity contribution < 1.29 is 18.0 Å². The first-order chi connectivity index (χ1) is 8.41. The van der Waals surface area contributed by atoms with E-state index in [-0.39, 0.29) is 6.54 Å². The largest absolute Gasteiger partial charge is 0.497 e. The minimum atomic E-state index is -3.60. The summed E-state index contributed by atoms with van der Waals surface area (Å²) in [4.78, 5) is 4.70. The molecule has 0 amide bonds. The number of rotatable bonds is 6. The van der Waals surface area contributed by atoms with E-state index < -0.39 is 10.2 Å². The van der Waals surface area contributed by atoms with E-state index >= 15 is 0 Å². The van der Waals surface area contributed by atoms with E-state index in [1.807, 2.05) is 12.1 Å². The molecule has 0 aromatic heterocycles. The van der Waals surface area contributed by atoms with E-state index in [2.05, 4.69) is 0 Å². The van der Waals surface area contributed by atoms with Crippen molar-refractivity contribution in [3.8, 4) is 5.75 Å². The Labute approximate surface area is 108 Å². The van der Waals surface area contributed by atoms with Crippen molar-refractivity contribution in [2.24, 2.45) is 0 Å². The van der Waals surface area contributed by atoms with Crippen molar-refractivity contribution in [2.45, 2.75) is 6.54 Å². The summed E-state index contributed by atoms with van der Waals surface area (Å²) in [5.41, 5.74) is 0.838. The summed E-state index contributed by atoms with van der Waals surface area (Å²) in [6, 6.07) is 7.24. The van der Waals surface area contributed by atoms with Crippen LogP contribution in [0, 0.1) is 0 Å². The Morgan fingerprint density at radius 1 is 1.22 bits per heavy atom. The standard InChI is InChI=1S/C11H18N2O4S/c1-12(18(14,15)13(2)17-4)9-10-6-5-7-11(8-10)16-3/h5-8H,9H2,1-4H3. The Kier molecular flexibility index (Phi) is 5.09. The number of hydroxylamine groups is 1. The number of methoxy groups -OCH3 is 1. The van der Waals surface area contributed by atoms with Crippen LogP contribution < -0.4 is 4.74 Å². The number of ether oxygens (including phenoxy) is 1. The molecule has 0 aliphatic rings. The Balaban J connectivity index is 2.84. The van der Waals surface area contributed by atoms with Gasteiger partial charge in [0.25, 0.3) is 0 Å². The molecule has 0 saturated heterocycles. The molecule has 7 heteroatoms. The third-order valence-corrected chi connectivity index (χ3v) is 4.23. The summed E-state index contributed by atoms with van der Waals surface area (Å²) in [6.45, 7) is 0.243. The maximum atomic E-state index is 11.9. The quantitative estimate of drug-likeness (QED) is 0.722. The molecule has 0 aliphatic carbocycles. The van der Waals surface area contributed by atoms with Crippen LogP contribution in [0.5, 0.6) is 5.75 Å². The molecule has 0 radical (unpaired) electrons. The van der Waals surface area contributed by atoms with Gasteiger partial charge in [0.15, 0.2) is 0 Å². The van der Waals surface area contributed by atoms with E-state index in [1.54, 1.807) is 19.2 Å². The fourth-order valence-electron chi connectivity index (χ4n) is 1.40. The maximum Gasteiger partial charge on any atom is 0.303 e. The Bertz CT molecular complexity index is 490. The Morgan fingerprint density at radius 2 is 1.89 bits per heavy atom. The molecule has 0 saturated carbocycles. The predicted octanol–water partition coefficient (Wildman–Crippen LogP) is 0.865. The highest BCUT2D eigenvalue weighted by molar-refractivity contribution is 7.86. The average Bonchev–Trinajstić information content (AvgIpc) is 2.37. The molecule has 0 unspecified atom stereocenters. The first kappa shape index (κ1) is 14.9. The molecule has 1 rings (SSSR count). The van der Waals surface area contributed by atoms with Crippen LogP contribution in [0.3, 0.4) is 0 Å². The predicted molar refractivity (Wildman–Crippen MR) is 68.2 cm³/mol. The lowest BCUT2D eigenvalue weighted by atomic mass is 10.2. The summed E-state index contributed by atoms with van der Waals surface area (Å²) >= 11 is 0. The van der Waals surface area contributed by atoms with E-state index in [4.69, 9.17) is 9.57 Å². The van der Waals surface area contributed by atoms with Gasteiger partial charge < -0.3 is 4.74 Å². The molecule has 1 aromatic rings. The van der Waals surface area contributed by atoms with Crippen LogP contribution in [-0.4, -0.2) is 45.5 Å². The molecule has 102 valence electrons. The van der Waals surface area contributed by atoms with Gasteiger partial charge in [0.1, 0.15) is 5.75 Å². The average molecular weight is 274 g/mol. The lowest BCUT2D eigenvalue weighted by molar-refractivity contribution is -0.0311. The molecule has 0 N–H and O–H groups in total. The molecule has 0 atom stereocenters. The molecule has 0 spiro atoms. The number of hydrogen-bond donors (Lipinski definition) is 0. The van der Waals surface area contributed by atoms with Gasteiger partial charge in [-0.3, -0.25) is 4.84 Å². The van der Waals surface area contributed by atoms with Gasteiger partial charge in [-0.15, -0.1) is 0 Å². The number of benzene rings is 1. The number of nitrogens with zero attached hydrogens (tertiary/aromatic N) is 2.